The van der Waals surface area contributed by atoms with Crippen LogP contribution in [0.1, 0.15) is 11.1 Å². The molecule has 0 unspecified atom stereocenters. The average molecular weight is 336 g/mol. The smallest absolute Gasteiger partial charge is 0.311 e. The second-order valence-corrected chi connectivity index (χ2v) is 5.26. The van der Waals surface area contributed by atoms with Gasteiger partial charge in [-0.25, -0.2) is 9.97 Å². The maximum absolute atomic E-state index is 11.0. The van der Waals surface area contributed by atoms with Gasteiger partial charge >= 0.3 is 5.69 Å². The van der Waals surface area contributed by atoms with Gasteiger partial charge in [-0.1, -0.05) is 30.3 Å². The molecule has 0 amide bonds. The third-order valence-electron chi connectivity index (χ3n) is 3.47. The summed E-state index contributed by atoms with van der Waals surface area (Å²) in [6.45, 7) is 0.804. The molecule has 0 saturated heterocycles. The minimum atomic E-state index is -0.462. The van der Waals surface area contributed by atoms with E-state index in [4.69, 9.17) is 4.74 Å². The number of aromatic nitrogens is 2. The van der Waals surface area contributed by atoms with Gasteiger partial charge in [-0.15, -0.1) is 0 Å². The van der Waals surface area contributed by atoms with Crippen molar-refractivity contribution in [1.82, 2.24) is 9.97 Å². The normalized spacial score (nSPS) is 10.2. The summed E-state index contributed by atoms with van der Waals surface area (Å²) in [5.74, 6) is 0.731. The largest absolute Gasteiger partial charge is 0.473 e. The molecule has 0 saturated carbocycles. The molecule has 0 bridgehead atoms. The van der Waals surface area contributed by atoms with E-state index in [-0.39, 0.29) is 11.5 Å². The highest BCUT2D eigenvalue weighted by molar-refractivity contribution is 5.55. The molecule has 2 aromatic heterocycles. The van der Waals surface area contributed by atoms with Gasteiger partial charge in [0.15, 0.2) is 0 Å². The highest BCUT2D eigenvalue weighted by Crippen LogP contribution is 2.21. The zero-order valence-corrected chi connectivity index (χ0v) is 13.3. The summed E-state index contributed by atoms with van der Waals surface area (Å²) < 4.78 is 5.68. The average Bonchev–Trinajstić information content (AvgIpc) is 2.66. The fraction of sp³-hybridized carbons (Fsp3) is 0.111. The van der Waals surface area contributed by atoms with Crippen LogP contribution in [0.3, 0.4) is 0 Å². The van der Waals surface area contributed by atoms with Gasteiger partial charge in [-0.2, -0.15) is 0 Å². The van der Waals surface area contributed by atoms with Crippen LogP contribution in [-0.4, -0.2) is 14.9 Å². The predicted octanol–water partition coefficient (Wildman–Crippen LogP) is 3.58. The van der Waals surface area contributed by atoms with Crippen LogP contribution in [-0.2, 0) is 13.2 Å². The minimum Gasteiger partial charge on any atom is -0.473 e. The van der Waals surface area contributed by atoms with Gasteiger partial charge in [-0.05, 0) is 23.3 Å². The summed E-state index contributed by atoms with van der Waals surface area (Å²) in [5.41, 5.74) is 1.88. The van der Waals surface area contributed by atoms with E-state index in [1.807, 2.05) is 36.4 Å². The Morgan fingerprint density at radius 3 is 2.64 bits per heavy atom. The highest BCUT2D eigenvalue weighted by Gasteiger charge is 2.13. The van der Waals surface area contributed by atoms with Gasteiger partial charge in [0, 0.05) is 31.1 Å². The summed E-state index contributed by atoms with van der Waals surface area (Å²) in [7, 11) is 0. The molecule has 0 aliphatic rings. The Labute approximate surface area is 144 Å². The van der Waals surface area contributed by atoms with E-state index >= 15 is 0 Å². The molecule has 0 spiro atoms. The third kappa shape index (κ3) is 4.51. The lowest BCUT2D eigenvalue weighted by Crippen LogP contribution is -2.05. The lowest BCUT2D eigenvalue weighted by Gasteiger charge is -2.08. The van der Waals surface area contributed by atoms with Crippen molar-refractivity contribution in [1.29, 1.82) is 0 Å². The van der Waals surface area contributed by atoms with Gasteiger partial charge in [0.25, 0.3) is 0 Å². The van der Waals surface area contributed by atoms with Crippen LogP contribution < -0.4 is 10.1 Å². The first-order valence-electron chi connectivity index (χ1n) is 7.67. The number of nitrogens with one attached hydrogen (secondary N) is 1. The number of hydrogen-bond donors (Lipinski definition) is 1. The quantitative estimate of drug-likeness (QED) is 0.524. The van der Waals surface area contributed by atoms with E-state index in [9.17, 15) is 10.1 Å². The van der Waals surface area contributed by atoms with Crippen molar-refractivity contribution in [3.8, 4) is 5.88 Å². The zero-order valence-electron chi connectivity index (χ0n) is 13.3. The molecule has 126 valence electrons. The van der Waals surface area contributed by atoms with Crippen LogP contribution in [0, 0.1) is 10.1 Å². The first-order chi connectivity index (χ1) is 12.2. The number of nitro groups is 1. The number of hydrogen-bond acceptors (Lipinski definition) is 6. The number of ether oxygens (including phenoxy) is 1. The lowest BCUT2D eigenvalue weighted by atomic mass is 10.2. The molecule has 0 radical (unpaired) electrons. The van der Waals surface area contributed by atoms with Crippen LogP contribution in [0.15, 0.2) is 67.0 Å². The van der Waals surface area contributed by atoms with Crippen molar-refractivity contribution in [2.24, 2.45) is 0 Å². The number of rotatable bonds is 7. The van der Waals surface area contributed by atoms with Crippen LogP contribution in [0.4, 0.5) is 11.5 Å². The zero-order chi connectivity index (χ0) is 17.5. The van der Waals surface area contributed by atoms with Crippen molar-refractivity contribution in [2.75, 3.05) is 5.32 Å². The van der Waals surface area contributed by atoms with Gasteiger partial charge < -0.3 is 10.1 Å². The minimum absolute atomic E-state index is 0.0582. The molecule has 0 atom stereocenters. The summed E-state index contributed by atoms with van der Waals surface area (Å²) in [6, 6.07) is 16.4. The van der Waals surface area contributed by atoms with E-state index < -0.39 is 4.92 Å². The van der Waals surface area contributed by atoms with Gasteiger partial charge in [-0.3, -0.25) is 10.1 Å². The van der Waals surface area contributed by atoms with E-state index in [0.29, 0.717) is 19.0 Å². The molecule has 7 heteroatoms. The number of nitrogens with zero attached hydrogens (tertiary/aromatic N) is 3. The van der Waals surface area contributed by atoms with Gasteiger partial charge in [0.1, 0.15) is 6.61 Å². The Morgan fingerprint density at radius 1 is 1.00 bits per heavy atom. The number of pyridine rings is 2. The summed E-state index contributed by atoms with van der Waals surface area (Å²) >= 11 is 0. The van der Waals surface area contributed by atoms with Gasteiger partial charge in [0.2, 0.25) is 11.7 Å². The maximum Gasteiger partial charge on any atom is 0.311 e. The highest BCUT2D eigenvalue weighted by atomic mass is 16.6. The first kappa shape index (κ1) is 16.4. The van der Waals surface area contributed by atoms with Crippen molar-refractivity contribution in [3.63, 3.8) is 0 Å². The molecular weight excluding hydrogens is 320 g/mol. The Hall–Kier alpha value is -3.48. The fourth-order valence-electron chi connectivity index (χ4n) is 2.24. The first-order valence-corrected chi connectivity index (χ1v) is 7.67. The molecule has 0 aliphatic carbocycles. The molecule has 3 rings (SSSR count). The van der Waals surface area contributed by atoms with Crippen molar-refractivity contribution in [2.45, 2.75) is 13.2 Å². The number of benzene rings is 1. The summed E-state index contributed by atoms with van der Waals surface area (Å²) in [4.78, 5) is 18.7. The summed E-state index contributed by atoms with van der Waals surface area (Å²) in [5, 5.41) is 14.0. The predicted molar refractivity (Wildman–Crippen MR) is 93.2 cm³/mol. The number of anilines is 1. The van der Waals surface area contributed by atoms with Crippen LogP contribution in [0.2, 0.25) is 0 Å². The Bertz CT molecular complexity index is 856. The Kier molecular flexibility index (Phi) is 5.16. The molecule has 0 aliphatic heterocycles. The van der Waals surface area contributed by atoms with Crippen LogP contribution in [0.5, 0.6) is 5.88 Å². The van der Waals surface area contributed by atoms with Crippen molar-refractivity contribution < 1.29 is 9.66 Å². The van der Waals surface area contributed by atoms with E-state index in [1.54, 1.807) is 12.3 Å². The van der Waals surface area contributed by atoms with E-state index in [1.165, 1.54) is 18.3 Å². The second-order valence-electron chi connectivity index (χ2n) is 5.26. The Morgan fingerprint density at radius 2 is 1.84 bits per heavy atom. The lowest BCUT2D eigenvalue weighted by molar-refractivity contribution is -0.384. The van der Waals surface area contributed by atoms with Crippen LogP contribution >= 0.6 is 0 Å². The van der Waals surface area contributed by atoms with E-state index in [2.05, 4.69) is 15.3 Å². The molecular formula is C18H16N4O3. The molecule has 3 aromatic rings. The van der Waals surface area contributed by atoms with Crippen molar-refractivity contribution >= 4 is 11.5 Å². The summed E-state index contributed by atoms with van der Waals surface area (Å²) in [6.07, 6.45) is 3.15. The monoisotopic (exact) mass is 336 g/mol. The molecule has 1 N–H and O–H groups in total. The van der Waals surface area contributed by atoms with E-state index in [0.717, 1.165) is 11.1 Å². The molecule has 2 heterocycles. The Balaban J connectivity index is 1.63. The molecule has 7 nitrogen and oxygen atoms in total. The van der Waals surface area contributed by atoms with Crippen LogP contribution in [0.25, 0.3) is 0 Å². The second kappa shape index (κ2) is 7.87. The van der Waals surface area contributed by atoms with Gasteiger partial charge in [0.05, 0.1) is 4.92 Å². The standard InChI is InChI=1S/C18H16N4O3/c23-22(24)16-7-4-9-20-18(16)21-12-15-8-10-19-17(11-15)25-13-14-5-2-1-3-6-14/h1-11H,12-13H2,(H,20,21). The third-order valence-corrected chi connectivity index (χ3v) is 3.47. The van der Waals surface area contributed by atoms with Crippen molar-refractivity contribution in [3.05, 3.63) is 88.2 Å². The SMILES string of the molecule is O=[N+]([O-])c1cccnc1NCc1ccnc(OCc2ccccc2)c1. The molecule has 1 aromatic carbocycles. The fourth-order valence-corrected chi connectivity index (χ4v) is 2.24. The molecule has 0 fully saturated rings. The maximum atomic E-state index is 11.0. The molecule has 25 heavy (non-hydrogen) atoms. The topological polar surface area (TPSA) is 90.2 Å².